The van der Waals surface area contributed by atoms with Crippen LogP contribution in [0.25, 0.3) is 0 Å². The Balaban J connectivity index is 0.00000289. The van der Waals surface area contributed by atoms with E-state index < -0.39 is 4.92 Å². The Morgan fingerprint density at radius 3 is 2.89 bits per heavy atom. The monoisotopic (exact) mass is 277 g/mol. The van der Waals surface area contributed by atoms with Gasteiger partial charge in [0.25, 0.3) is 0 Å². The van der Waals surface area contributed by atoms with Crippen LogP contribution in [0.2, 0.25) is 0 Å². The van der Waals surface area contributed by atoms with Gasteiger partial charge in [-0.3, -0.25) is 4.79 Å². The standard InChI is InChI=1S/C9H15N5O3.ClH/c1-7(10)2-4-11-9(15)6-13-5-3-8(12-13)14(16)17;/h3,5,7H,2,4,6,10H2,1H3,(H,11,15);1H. The third kappa shape index (κ3) is 5.60. The molecule has 9 heteroatoms. The van der Waals surface area contributed by atoms with Gasteiger partial charge >= 0.3 is 5.82 Å². The zero-order valence-electron chi connectivity index (χ0n) is 9.91. The van der Waals surface area contributed by atoms with Crippen molar-refractivity contribution in [3.8, 4) is 0 Å². The first-order valence-electron chi connectivity index (χ1n) is 5.19. The summed E-state index contributed by atoms with van der Waals surface area (Å²) in [5.41, 5.74) is 5.52. The summed E-state index contributed by atoms with van der Waals surface area (Å²) in [5, 5.41) is 16.6. The average molecular weight is 278 g/mol. The Kier molecular flexibility index (Phi) is 6.91. The highest BCUT2D eigenvalue weighted by Gasteiger charge is 2.12. The lowest BCUT2D eigenvalue weighted by Gasteiger charge is -2.05. The van der Waals surface area contributed by atoms with Crippen LogP contribution in [0.1, 0.15) is 13.3 Å². The number of aromatic nitrogens is 2. The molecular weight excluding hydrogens is 262 g/mol. The van der Waals surface area contributed by atoms with Crippen molar-refractivity contribution in [1.82, 2.24) is 15.1 Å². The molecule has 0 aliphatic heterocycles. The van der Waals surface area contributed by atoms with Crippen LogP contribution in [-0.2, 0) is 11.3 Å². The molecule has 102 valence electrons. The van der Waals surface area contributed by atoms with E-state index in [1.165, 1.54) is 16.9 Å². The fraction of sp³-hybridized carbons (Fsp3) is 0.556. The number of nitro groups is 1. The van der Waals surface area contributed by atoms with E-state index in [1.807, 2.05) is 6.92 Å². The third-order valence-corrected chi connectivity index (χ3v) is 2.04. The summed E-state index contributed by atoms with van der Waals surface area (Å²) in [7, 11) is 0. The van der Waals surface area contributed by atoms with Crippen LogP contribution in [-0.4, -0.2) is 33.2 Å². The van der Waals surface area contributed by atoms with E-state index in [4.69, 9.17) is 5.73 Å². The second kappa shape index (κ2) is 7.62. The van der Waals surface area contributed by atoms with E-state index in [0.29, 0.717) is 13.0 Å². The van der Waals surface area contributed by atoms with Crippen molar-refractivity contribution < 1.29 is 9.72 Å². The van der Waals surface area contributed by atoms with E-state index in [0.717, 1.165) is 0 Å². The molecule has 1 aromatic heterocycles. The maximum atomic E-state index is 11.4. The molecular formula is C9H16ClN5O3. The largest absolute Gasteiger partial charge is 0.389 e. The summed E-state index contributed by atoms with van der Waals surface area (Å²) in [6.07, 6.45) is 2.08. The van der Waals surface area contributed by atoms with E-state index in [-0.39, 0.29) is 36.7 Å². The lowest BCUT2D eigenvalue weighted by atomic mass is 10.2. The maximum absolute atomic E-state index is 11.4. The molecule has 1 atom stereocenters. The van der Waals surface area contributed by atoms with Gasteiger partial charge in [-0.05, 0) is 18.3 Å². The molecule has 1 amide bonds. The number of nitrogens with two attached hydrogens (primary N) is 1. The predicted octanol–water partition coefficient (Wildman–Crippen LogP) is 0.0666. The highest BCUT2D eigenvalue weighted by molar-refractivity contribution is 5.85. The molecule has 1 heterocycles. The zero-order valence-corrected chi connectivity index (χ0v) is 10.7. The van der Waals surface area contributed by atoms with Crippen LogP contribution >= 0.6 is 12.4 Å². The molecule has 1 rings (SSSR count). The molecule has 1 unspecified atom stereocenters. The lowest BCUT2D eigenvalue weighted by Crippen LogP contribution is -2.31. The van der Waals surface area contributed by atoms with Crippen LogP contribution in [0, 0.1) is 10.1 Å². The summed E-state index contributed by atoms with van der Waals surface area (Å²) in [6, 6.07) is 1.27. The van der Waals surface area contributed by atoms with Gasteiger partial charge in [0.15, 0.2) is 0 Å². The Labute approximate surface area is 110 Å². The second-order valence-electron chi connectivity index (χ2n) is 3.74. The first-order valence-corrected chi connectivity index (χ1v) is 5.19. The van der Waals surface area contributed by atoms with Crippen molar-refractivity contribution in [2.24, 2.45) is 5.73 Å². The number of nitrogens with one attached hydrogen (secondary N) is 1. The zero-order chi connectivity index (χ0) is 12.8. The van der Waals surface area contributed by atoms with Crippen molar-refractivity contribution in [3.05, 3.63) is 22.4 Å². The second-order valence-corrected chi connectivity index (χ2v) is 3.74. The minimum atomic E-state index is -0.607. The van der Waals surface area contributed by atoms with E-state index >= 15 is 0 Å². The summed E-state index contributed by atoms with van der Waals surface area (Å²) in [6.45, 7) is 2.30. The molecule has 8 nitrogen and oxygen atoms in total. The molecule has 18 heavy (non-hydrogen) atoms. The topological polar surface area (TPSA) is 116 Å². The summed E-state index contributed by atoms with van der Waals surface area (Å²) < 4.78 is 1.22. The van der Waals surface area contributed by atoms with Crippen molar-refractivity contribution in [3.63, 3.8) is 0 Å². The number of rotatable bonds is 6. The van der Waals surface area contributed by atoms with Gasteiger partial charge in [0.2, 0.25) is 5.91 Å². The Morgan fingerprint density at radius 2 is 2.39 bits per heavy atom. The van der Waals surface area contributed by atoms with E-state index in [9.17, 15) is 14.9 Å². The van der Waals surface area contributed by atoms with Gasteiger partial charge in [0, 0.05) is 12.6 Å². The molecule has 0 bridgehead atoms. The molecule has 1 aromatic rings. The fourth-order valence-electron chi connectivity index (χ4n) is 1.18. The van der Waals surface area contributed by atoms with Crippen LogP contribution in [0.5, 0.6) is 0 Å². The first kappa shape index (κ1) is 16.3. The van der Waals surface area contributed by atoms with Crippen LogP contribution in [0.3, 0.4) is 0 Å². The van der Waals surface area contributed by atoms with E-state index in [1.54, 1.807) is 0 Å². The molecule has 0 aliphatic carbocycles. The maximum Gasteiger partial charge on any atom is 0.389 e. The summed E-state index contributed by atoms with van der Waals surface area (Å²) in [4.78, 5) is 21.1. The number of carbonyl (C=O) groups is 1. The minimum Gasteiger partial charge on any atom is -0.358 e. The Hall–Kier alpha value is -1.67. The number of amides is 1. The number of nitrogens with zero attached hydrogens (tertiary/aromatic N) is 3. The van der Waals surface area contributed by atoms with Gasteiger partial charge in [0.1, 0.15) is 6.54 Å². The van der Waals surface area contributed by atoms with E-state index in [2.05, 4.69) is 10.4 Å². The number of hydrogen-bond donors (Lipinski definition) is 2. The number of carbonyl (C=O) groups excluding carboxylic acids is 1. The number of halogens is 1. The van der Waals surface area contributed by atoms with Gasteiger partial charge < -0.3 is 21.2 Å². The van der Waals surface area contributed by atoms with Crippen molar-refractivity contribution >= 4 is 24.1 Å². The van der Waals surface area contributed by atoms with Crippen LogP contribution in [0.4, 0.5) is 5.82 Å². The molecule has 0 aromatic carbocycles. The van der Waals surface area contributed by atoms with Gasteiger partial charge in [-0.1, -0.05) is 0 Å². The summed E-state index contributed by atoms with van der Waals surface area (Å²) >= 11 is 0. The SMILES string of the molecule is CC(N)CCNC(=O)Cn1ccc([N+](=O)[O-])n1.Cl. The Bertz CT molecular complexity index is 407. The highest BCUT2D eigenvalue weighted by atomic mass is 35.5. The molecule has 0 saturated heterocycles. The smallest absolute Gasteiger partial charge is 0.358 e. The van der Waals surface area contributed by atoms with Crippen LogP contribution < -0.4 is 11.1 Å². The molecule has 0 spiro atoms. The average Bonchev–Trinajstić information content (AvgIpc) is 2.65. The number of hydrogen-bond acceptors (Lipinski definition) is 5. The predicted molar refractivity (Wildman–Crippen MR) is 67.4 cm³/mol. The highest BCUT2D eigenvalue weighted by Crippen LogP contribution is 2.04. The van der Waals surface area contributed by atoms with Gasteiger partial charge in [0.05, 0.1) is 17.4 Å². The minimum absolute atomic E-state index is 0. The molecule has 0 saturated carbocycles. The van der Waals surface area contributed by atoms with Crippen molar-refractivity contribution in [2.45, 2.75) is 25.9 Å². The first-order chi connectivity index (χ1) is 7.99. The van der Waals surface area contributed by atoms with Crippen LogP contribution in [0.15, 0.2) is 12.3 Å². The van der Waals surface area contributed by atoms with Crippen molar-refractivity contribution in [2.75, 3.05) is 6.54 Å². The quantitative estimate of drug-likeness (QED) is 0.564. The molecule has 0 fully saturated rings. The third-order valence-electron chi connectivity index (χ3n) is 2.04. The summed E-state index contributed by atoms with van der Waals surface area (Å²) in [5.74, 6) is -0.517. The molecule has 0 radical (unpaired) electrons. The molecule has 0 aliphatic rings. The van der Waals surface area contributed by atoms with Crippen molar-refractivity contribution in [1.29, 1.82) is 0 Å². The van der Waals surface area contributed by atoms with Gasteiger partial charge in [-0.15, -0.1) is 12.4 Å². The van der Waals surface area contributed by atoms with Gasteiger partial charge in [-0.25, -0.2) is 0 Å². The fourth-order valence-corrected chi connectivity index (χ4v) is 1.18. The molecule has 3 N–H and O–H groups in total. The normalized spacial score (nSPS) is 11.4. The lowest BCUT2D eigenvalue weighted by molar-refractivity contribution is -0.389. The van der Waals surface area contributed by atoms with Gasteiger partial charge in [-0.2, -0.15) is 4.68 Å². The Morgan fingerprint density at radius 1 is 1.72 bits per heavy atom.